The van der Waals surface area contributed by atoms with E-state index in [2.05, 4.69) is 25.6 Å². The van der Waals surface area contributed by atoms with E-state index in [1.807, 2.05) is 0 Å². The molecule has 14 heavy (non-hydrogen) atoms. The normalized spacial score (nSPS) is 32.6. The minimum atomic E-state index is 0.403. The summed E-state index contributed by atoms with van der Waals surface area (Å²) in [7, 11) is 0. The predicted molar refractivity (Wildman–Crippen MR) is 66.8 cm³/mol. The Morgan fingerprint density at radius 1 is 1.36 bits per heavy atom. The number of rotatable bonds is 4. The van der Waals surface area contributed by atoms with E-state index in [4.69, 9.17) is 5.73 Å². The van der Waals surface area contributed by atoms with E-state index < -0.39 is 0 Å². The molecule has 0 radical (unpaired) electrons. The van der Waals surface area contributed by atoms with Crippen LogP contribution in [0.3, 0.4) is 0 Å². The summed E-state index contributed by atoms with van der Waals surface area (Å²) in [4.78, 5) is 0. The second kappa shape index (κ2) is 6.64. The van der Waals surface area contributed by atoms with Crippen molar-refractivity contribution < 1.29 is 0 Å². The zero-order chi connectivity index (χ0) is 10.6. The van der Waals surface area contributed by atoms with Crippen molar-refractivity contribution in [1.82, 2.24) is 0 Å². The van der Waals surface area contributed by atoms with Crippen LogP contribution in [0.15, 0.2) is 0 Å². The quantitative estimate of drug-likeness (QED) is 0.805. The molecule has 1 saturated carbocycles. The molecule has 1 rings (SSSR count). The molecule has 0 aliphatic heterocycles. The van der Waals surface area contributed by atoms with Gasteiger partial charge in [0.05, 0.1) is 0 Å². The van der Waals surface area contributed by atoms with Crippen molar-refractivity contribution in [3.8, 4) is 0 Å². The van der Waals surface area contributed by atoms with Gasteiger partial charge in [-0.25, -0.2) is 0 Å². The van der Waals surface area contributed by atoms with Crippen LogP contribution in [0.5, 0.6) is 0 Å². The standard InChI is InChI=1S/C11H22NS.Sn/c1-3-13-8-10-6-4-5-7-11(10)9(2)12;/h8-11H,3-7,12H2,1-2H3;/q;+3. The van der Waals surface area contributed by atoms with Gasteiger partial charge >= 0.3 is 106 Å². The monoisotopic (exact) mass is 320 g/mol. The van der Waals surface area contributed by atoms with Crippen LogP contribution < -0.4 is 5.73 Å². The average molecular weight is 319 g/mol. The maximum atomic E-state index is 6.09. The van der Waals surface area contributed by atoms with Crippen molar-refractivity contribution in [2.45, 2.75) is 48.8 Å². The number of hydrogen-bond donors (Lipinski definition) is 1. The van der Waals surface area contributed by atoms with Crippen molar-refractivity contribution in [2.75, 3.05) is 5.75 Å². The summed E-state index contributed by atoms with van der Waals surface area (Å²) in [6.07, 6.45) is 5.64. The molecule has 0 amide bonds. The number of nitrogens with two attached hydrogens (primary N) is 1. The van der Waals surface area contributed by atoms with Crippen molar-refractivity contribution in [1.29, 1.82) is 0 Å². The molecule has 1 aliphatic carbocycles. The van der Waals surface area contributed by atoms with Crippen molar-refractivity contribution in [3.63, 3.8) is 0 Å². The molecule has 2 N–H and O–H groups in total. The third kappa shape index (κ3) is 3.60. The zero-order valence-electron chi connectivity index (χ0n) is 9.33. The fourth-order valence-corrected chi connectivity index (χ4v) is 6.07. The Hall–Kier alpha value is 1.11. The molecule has 0 aromatic heterocycles. The summed E-state index contributed by atoms with van der Waals surface area (Å²) >= 11 is 3.85. The van der Waals surface area contributed by atoms with Gasteiger partial charge in [-0.3, -0.25) is 0 Å². The van der Waals surface area contributed by atoms with E-state index in [1.165, 1.54) is 31.4 Å². The van der Waals surface area contributed by atoms with Crippen molar-refractivity contribution >= 4 is 34.3 Å². The molecule has 1 nitrogen and oxygen atoms in total. The first-order chi connectivity index (χ1) is 6.66. The summed E-state index contributed by atoms with van der Waals surface area (Å²) < 4.78 is 0.892. The third-order valence-corrected chi connectivity index (χ3v) is 6.98. The number of thioether (sulfide) groups is 1. The molecule has 0 aromatic carbocycles. The number of hydrogen-bond acceptors (Lipinski definition) is 2. The van der Waals surface area contributed by atoms with Crippen LogP contribution in [0, 0.1) is 11.8 Å². The van der Waals surface area contributed by atoms with Crippen LogP contribution in [0.1, 0.15) is 39.5 Å². The first-order valence-electron chi connectivity index (χ1n) is 5.75. The molecule has 0 bridgehead atoms. The molecule has 1 aliphatic rings. The van der Waals surface area contributed by atoms with Crippen LogP contribution in [0.4, 0.5) is 0 Å². The molecule has 0 aromatic rings. The Morgan fingerprint density at radius 2 is 1.93 bits per heavy atom. The van der Waals surface area contributed by atoms with Gasteiger partial charge in [-0.1, -0.05) is 0 Å². The molecular weight excluding hydrogens is 297 g/mol. The Labute approximate surface area is 106 Å². The van der Waals surface area contributed by atoms with E-state index in [0.717, 1.165) is 15.1 Å². The molecule has 4 unspecified atom stereocenters. The topological polar surface area (TPSA) is 26.0 Å². The van der Waals surface area contributed by atoms with Crippen LogP contribution in [-0.2, 0) is 0 Å². The van der Waals surface area contributed by atoms with E-state index in [1.54, 1.807) is 22.5 Å². The summed E-state index contributed by atoms with van der Waals surface area (Å²) in [6.45, 7) is 4.47. The average Bonchev–Trinajstić information content (AvgIpc) is 2.18. The Balaban J connectivity index is 2.53. The first-order valence-corrected chi connectivity index (χ1v) is 8.44. The first kappa shape index (κ1) is 13.2. The SMILES string of the molecule is CCS[CH]([Sn+3])C1CCCCC1C(C)N. The van der Waals surface area contributed by atoms with Crippen molar-refractivity contribution in [3.05, 3.63) is 0 Å². The Kier molecular flexibility index (Phi) is 6.25. The van der Waals surface area contributed by atoms with Crippen molar-refractivity contribution in [2.24, 2.45) is 17.6 Å². The minimum absolute atomic E-state index is 0.403. The fraction of sp³-hybridized carbons (Fsp3) is 1.00. The molecule has 0 heterocycles. The molecule has 3 heteroatoms. The van der Waals surface area contributed by atoms with Gasteiger partial charge in [0.15, 0.2) is 0 Å². The van der Waals surface area contributed by atoms with E-state index in [9.17, 15) is 0 Å². The third-order valence-electron chi connectivity index (χ3n) is 3.29. The van der Waals surface area contributed by atoms with Gasteiger partial charge in [0, 0.05) is 0 Å². The Bertz CT molecular complexity index is 163. The van der Waals surface area contributed by atoms with Gasteiger partial charge in [0.2, 0.25) is 0 Å². The second-order valence-electron chi connectivity index (χ2n) is 4.35. The van der Waals surface area contributed by atoms with Gasteiger partial charge in [0.25, 0.3) is 0 Å². The van der Waals surface area contributed by atoms with Crippen LogP contribution >= 0.6 is 11.8 Å². The summed E-state index contributed by atoms with van der Waals surface area (Å²) in [5.41, 5.74) is 6.09. The van der Waals surface area contributed by atoms with Gasteiger partial charge in [0.1, 0.15) is 0 Å². The van der Waals surface area contributed by atoms with Crippen LogP contribution in [0.25, 0.3) is 0 Å². The van der Waals surface area contributed by atoms with Crippen LogP contribution in [0.2, 0.25) is 0 Å². The van der Waals surface area contributed by atoms with E-state index in [-0.39, 0.29) is 0 Å². The molecule has 4 atom stereocenters. The molecule has 0 spiro atoms. The van der Waals surface area contributed by atoms with Crippen LogP contribution in [-0.4, -0.2) is 37.6 Å². The molecule has 78 valence electrons. The maximum absolute atomic E-state index is 6.09. The fourth-order valence-electron chi connectivity index (χ4n) is 2.52. The molecule has 0 saturated heterocycles. The van der Waals surface area contributed by atoms with E-state index >= 15 is 0 Å². The van der Waals surface area contributed by atoms with Gasteiger partial charge < -0.3 is 0 Å². The summed E-state index contributed by atoms with van der Waals surface area (Å²) in [5.74, 6) is 2.97. The Morgan fingerprint density at radius 3 is 2.43 bits per heavy atom. The zero-order valence-corrected chi connectivity index (χ0v) is 13.0. The summed E-state index contributed by atoms with van der Waals surface area (Å²) in [6, 6.07) is 0.403. The predicted octanol–water partition coefficient (Wildman–Crippen LogP) is 2.39. The summed E-state index contributed by atoms with van der Waals surface area (Å²) in [5, 5.41) is 0. The van der Waals surface area contributed by atoms with Gasteiger partial charge in [-0.15, -0.1) is 0 Å². The van der Waals surface area contributed by atoms with Gasteiger partial charge in [-0.2, -0.15) is 0 Å². The molecular formula is C11H22NSSn+3. The van der Waals surface area contributed by atoms with E-state index in [0.29, 0.717) is 6.04 Å². The molecule has 1 fully saturated rings. The second-order valence-corrected chi connectivity index (χ2v) is 8.74. The van der Waals surface area contributed by atoms with Gasteiger partial charge in [-0.05, 0) is 0 Å².